The molecule has 22 heavy (non-hydrogen) atoms. The Hall–Kier alpha value is -2.11. The summed E-state index contributed by atoms with van der Waals surface area (Å²) in [5.41, 5.74) is 0. The second-order valence-corrected chi connectivity index (χ2v) is 6.54. The smallest absolute Gasteiger partial charge is 0.234 e. The van der Waals surface area contributed by atoms with E-state index in [2.05, 4.69) is 0 Å². The fourth-order valence-electron chi connectivity index (χ4n) is 4.70. The van der Waals surface area contributed by atoms with Gasteiger partial charge in [-0.25, -0.2) is 0 Å². The summed E-state index contributed by atoms with van der Waals surface area (Å²) in [5, 5.41) is 11.1. The van der Waals surface area contributed by atoms with E-state index in [1.165, 1.54) is 6.26 Å². The average Bonchev–Trinajstić information content (AvgIpc) is 3.22. The molecule has 2 aliphatic carbocycles. The van der Waals surface area contributed by atoms with E-state index >= 15 is 0 Å². The normalized spacial score (nSPS) is 34.3. The zero-order chi connectivity index (χ0) is 15.4. The topological polar surface area (TPSA) is 90.7 Å². The van der Waals surface area contributed by atoms with Crippen molar-refractivity contribution in [2.24, 2.45) is 23.7 Å². The van der Waals surface area contributed by atoms with Gasteiger partial charge in [0.1, 0.15) is 11.8 Å². The van der Waals surface area contributed by atoms with Crippen LogP contribution >= 0.6 is 0 Å². The Bertz CT molecular complexity index is 609. The number of fused-ring (bicyclic) bond motifs is 5. The molecule has 1 saturated heterocycles. The highest BCUT2D eigenvalue weighted by Gasteiger charge is 2.62. The third-order valence-corrected chi connectivity index (χ3v) is 5.50. The molecule has 0 aromatic carbocycles. The van der Waals surface area contributed by atoms with Crippen LogP contribution < -0.4 is 5.11 Å². The van der Waals surface area contributed by atoms with Crippen molar-refractivity contribution in [3.63, 3.8) is 0 Å². The van der Waals surface area contributed by atoms with Gasteiger partial charge in [-0.15, -0.1) is 0 Å². The lowest BCUT2D eigenvalue weighted by atomic mass is 9.81. The maximum absolute atomic E-state index is 12.8. The van der Waals surface area contributed by atoms with Crippen molar-refractivity contribution in [2.75, 3.05) is 0 Å². The molecule has 116 valence electrons. The van der Waals surface area contributed by atoms with Gasteiger partial charge >= 0.3 is 0 Å². The van der Waals surface area contributed by atoms with Crippen LogP contribution in [0.1, 0.15) is 37.5 Å². The summed E-state index contributed by atoms with van der Waals surface area (Å²) in [7, 11) is 0. The van der Waals surface area contributed by atoms with Crippen LogP contribution in [-0.4, -0.2) is 22.7 Å². The highest BCUT2D eigenvalue weighted by Crippen LogP contribution is 2.57. The van der Waals surface area contributed by atoms with E-state index in [-0.39, 0.29) is 35.5 Å². The monoisotopic (exact) mass is 302 g/mol. The lowest BCUT2D eigenvalue weighted by Gasteiger charge is -2.26. The minimum atomic E-state index is -1.30. The first-order valence-corrected chi connectivity index (χ1v) is 7.68. The molecule has 1 aromatic rings. The third kappa shape index (κ3) is 1.76. The highest BCUT2D eigenvalue weighted by atomic mass is 16.4. The standard InChI is InChI=1S/C16H17NO5/c18-12(19)7-10(11-2-1-5-22-11)17-15(20)13-8-3-4-9(6-8)14(13)16(17)21/h1-2,5,8-10,13-14H,3-4,6-7H2,(H,18,19)/p-1/t8-,9+,10-,13-,14-/m0/s1. The number of hydrogen-bond acceptors (Lipinski definition) is 5. The first kappa shape index (κ1) is 13.5. The Morgan fingerprint density at radius 2 is 1.91 bits per heavy atom. The number of carboxylic acids is 1. The molecule has 6 nitrogen and oxygen atoms in total. The van der Waals surface area contributed by atoms with Crippen LogP contribution in [0.15, 0.2) is 22.8 Å². The van der Waals surface area contributed by atoms with Crippen LogP contribution in [0.4, 0.5) is 0 Å². The number of furan rings is 1. The third-order valence-electron chi connectivity index (χ3n) is 5.50. The number of likely N-dealkylation sites (tertiary alicyclic amines) is 1. The van der Waals surface area contributed by atoms with Crippen molar-refractivity contribution in [1.29, 1.82) is 0 Å². The maximum Gasteiger partial charge on any atom is 0.234 e. The molecule has 1 aliphatic heterocycles. The number of hydrogen-bond donors (Lipinski definition) is 0. The minimum absolute atomic E-state index is 0.232. The molecule has 2 bridgehead atoms. The van der Waals surface area contributed by atoms with E-state index < -0.39 is 18.4 Å². The molecule has 6 heteroatoms. The van der Waals surface area contributed by atoms with Gasteiger partial charge in [-0.3, -0.25) is 14.5 Å². The van der Waals surface area contributed by atoms with Crippen LogP contribution in [0.25, 0.3) is 0 Å². The van der Waals surface area contributed by atoms with Gasteiger partial charge in [0.05, 0.1) is 18.1 Å². The SMILES string of the molecule is O=C([O-])C[C@@H](c1ccco1)N1C(=O)[C@H]2[C@@H]3CC[C@@H](C3)[C@@H]2C1=O. The molecule has 3 aliphatic rings. The van der Waals surface area contributed by atoms with Crippen LogP contribution in [0, 0.1) is 23.7 Å². The number of carboxylic acid groups (broad SMARTS) is 1. The summed E-state index contributed by atoms with van der Waals surface area (Å²) < 4.78 is 5.26. The van der Waals surface area contributed by atoms with Gasteiger partial charge in [0.2, 0.25) is 11.8 Å². The molecule has 0 N–H and O–H groups in total. The first-order chi connectivity index (χ1) is 10.6. The summed E-state index contributed by atoms with van der Waals surface area (Å²) in [5.74, 6) is -1.42. The number of aliphatic carboxylic acids is 1. The summed E-state index contributed by atoms with van der Waals surface area (Å²) in [6.07, 6.45) is 3.91. The fourth-order valence-corrected chi connectivity index (χ4v) is 4.70. The van der Waals surface area contributed by atoms with Gasteiger partial charge in [0.25, 0.3) is 0 Å². The molecule has 0 unspecified atom stereocenters. The summed E-state index contributed by atoms with van der Waals surface area (Å²) in [6, 6.07) is 2.31. The number of nitrogens with zero attached hydrogens (tertiary/aromatic N) is 1. The van der Waals surface area contributed by atoms with E-state index in [0.29, 0.717) is 5.76 Å². The van der Waals surface area contributed by atoms with Crippen molar-refractivity contribution in [1.82, 2.24) is 4.90 Å². The van der Waals surface area contributed by atoms with E-state index in [9.17, 15) is 19.5 Å². The summed E-state index contributed by atoms with van der Waals surface area (Å²) in [4.78, 5) is 37.7. The molecule has 1 aromatic heterocycles. The van der Waals surface area contributed by atoms with E-state index in [1.54, 1.807) is 12.1 Å². The minimum Gasteiger partial charge on any atom is -0.550 e. The molecule has 0 radical (unpaired) electrons. The zero-order valence-corrected chi connectivity index (χ0v) is 11.9. The first-order valence-electron chi connectivity index (χ1n) is 7.68. The molecule has 3 fully saturated rings. The molecule has 2 saturated carbocycles. The second-order valence-electron chi connectivity index (χ2n) is 6.54. The predicted octanol–water partition coefficient (Wildman–Crippen LogP) is 0.492. The van der Waals surface area contributed by atoms with Gasteiger partial charge < -0.3 is 14.3 Å². The van der Waals surface area contributed by atoms with Gasteiger partial charge in [-0.2, -0.15) is 0 Å². The maximum atomic E-state index is 12.8. The van der Waals surface area contributed by atoms with E-state index in [0.717, 1.165) is 24.2 Å². The van der Waals surface area contributed by atoms with Crippen LogP contribution in [-0.2, 0) is 14.4 Å². The zero-order valence-electron chi connectivity index (χ0n) is 11.9. The number of amides is 2. The largest absolute Gasteiger partial charge is 0.550 e. The Morgan fingerprint density at radius 1 is 1.27 bits per heavy atom. The van der Waals surface area contributed by atoms with E-state index in [4.69, 9.17) is 4.42 Å². The number of carbonyl (C=O) groups excluding carboxylic acids is 3. The average molecular weight is 302 g/mol. The lowest BCUT2D eigenvalue weighted by Crippen LogP contribution is -2.39. The fraction of sp³-hybridized carbons (Fsp3) is 0.562. The number of rotatable bonds is 4. The predicted molar refractivity (Wildman–Crippen MR) is 70.7 cm³/mol. The van der Waals surface area contributed by atoms with Crippen molar-refractivity contribution in [3.8, 4) is 0 Å². The second kappa shape index (κ2) is 4.69. The van der Waals surface area contributed by atoms with Crippen molar-refractivity contribution in [2.45, 2.75) is 31.7 Å². The van der Waals surface area contributed by atoms with Gasteiger partial charge in [0.15, 0.2) is 0 Å². The summed E-state index contributed by atoms with van der Waals surface area (Å²) >= 11 is 0. The summed E-state index contributed by atoms with van der Waals surface area (Å²) in [6.45, 7) is 0. The Labute approximate surface area is 127 Å². The van der Waals surface area contributed by atoms with Crippen LogP contribution in [0.2, 0.25) is 0 Å². The Balaban J connectivity index is 1.70. The molecular weight excluding hydrogens is 286 g/mol. The van der Waals surface area contributed by atoms with Gasteiger partial charge in [-0.1, -0.05) is 0 Å². The van der Waals surface area contributed by atoms with E-state index in [1.807, 2.05) is 0 Å². The molecule has 2 amide bonds. The van der Waals surface area contributed by atoms with Gasteiger partial charge in [0, 0.05) is 12.4 Å². The lowest BCUT2D eigenvalue weighted by molar-refractivity contribution is -0.306. The number of imide groups is 1. The molecule has 4 rings (SSSR count). The Kier molecular flexibility index (Phi) is 2.89. The Morgan fingerprint density at radius 3 is 2.41 bits per heavy atom. The highest BCUT2D eigenvalue weighted by molar-refractivity contribution is 6.06. The van der Waals surface area contributed by atoms with Crippen LogP contribution in [0.5, 0.6) is 0 Å². The molecule has 0 spiro atoms. The van der Waals surface area contributed by atoms with Gasteiger partial charge in [-0.05, 0) is 43.2 Å². The quantitative estimate of drug-likeness (QED) is 0.755. The van der Waals surface area contributed by atoms with Crippen molar-refractivity contribution < 1.29 is 23.9 Å². The number of carbonyl (C=O) groups is 3. The van der Waals surface area contributed by atoms with Crippen LogP contribution in [0.3, 0.4) is 0 Å². The molecule has 2 heterocycles. The molecular formula is C16H16NO5-. The van der Waals surface area contributed by atoms with Crippen molar-refractivity contribution >= 4 is 17.8 Å². The molecule has 5 atom stereocenters. The van der Waals surface area contributed by atoms with Crippen molar-refractivity contribution in [3.05, 3.63) is 24.2 Å².